The molecule has 0 aliphatic carbocycles. The lowest BCUT2D eigenvalue weighted by Gasteiger charge is -2.42. The van der Waals surface area contributed by atoms with Crippen LogP contribution >= 0.6 is 11.6 Å². The van der Waals surface area contributed by atoms with Gasteiger partial charge in [-0.3, -0.25) is 0 Å². The van der Waals surface area contributed by atoms with Crippen LogP contribution in [0.3, 0.4) is 0 Å². The molecule has 26 heavy (non-hydrogen) atoms. The molecule has 0 fully saturated rings. The number of rotatable bonds is 5. The normalized spacial score (nSPS) is 19.8. The fourth-order valence-electron chi connectivity index (χ4n) is 3.00. The van der Waals surface area contributed by atoms with Gasteiger partial charge >= 0.3 is 0 Å². The van der Waals surface area contributed by atoms with E-state index in [4.69, 9.17) is 11.6 Å². The van der Waals surface area contributed by atoms with E-state index in [0.29, 0.717) is 35.9 Å². The second kappa shape index (κ2) is 7.38. The number of hydrogen-bond donors (Lipinski definition) is 1. The quantitative estimate of drug-likeness (QED) is 0.815. The summed E-state index contributed by atoms with van der Waals surface area (Å²) in [6.45, 7) is 0.704. The van der Waals surface area contributed by atoms with Crippen molar-refractivity contribution in [2.24, 2.45) is 9.98 Å². The molecule has 0 amide bonds. The van der Waals surface area contributed by atoms with Gasteiger partial charge < -0.3 is 14.9 Å². The minimum atomic E-state index is -3.48. The number of sulfone groups is 1. The molecule has 2 heterocycles. The number of aliphatic imine (C=N–C) groups is 2. The van der Waals surface area contributed by atoms with E-state index in [0.717, 1.165) is 11.8 Å². The van der Waals surface area contributed by atoms with Gasteiger partial charge in [0.1, 0.15) is 11.9 Å². The van der Waals surface area contributed by atoms with E-state index in [9.17, 15) is 13.5 Å². The molecule has 2 aliphatic heterocycles. The van der Waals surface area contributed by atoms with Crippen molar-refractivity contribution in [3.8, 4) is 0 Å². The van der Waals surface area contributed by atoms with E-state index in [1.807, 2.05) is 42.4 Å². The highest BCUT2D eigenvalue weighted by Gasteiger charge is 2.35. The Kier molecular flexibility index (Phi) is 5.36. The number of benzene rings is 1. The van der Waals surface area contributed by atoms with Crippen LogP contribution in [0.4, 0.5) is 0 Å². The van der Waals surface area contributed by atoms with Gasteiger partial charge in [-0.2, -0.15) is 4.99 Å². The van der Waals surface area contributed by atoms with Crippen LogP contribution in [-0.2, 0) is 16.3 Å². The van der Waals surface area contributed by atoms with Crippen LogP contribution in [0.5, 0.6) is 0 Å². The number of amidine groups is 2. The molecule has 1 aromatic carbocycles. The van der Waals surface area contributed by atoms with Crippen LogP contribution in [0.15, 0.2) is 46.1 Å². The summed E-state index contributed by atoms with van der Waals surface area (Å²) in [4.78, 5) is 12.4. The summed E-state index contributed by atoms with van der Waals surface area (Å²) in [5.41, 5.74) is 1.62. The molecule has 0 radical (unpaired) electrons. The molecule has 1 atom stereocenters. The lowest BCUT2D eigenvalue weighted by Crippen LogP contribution is -2.52. The fraction of sp³-hybridized carbons (Fsp3) is 0.412. The summed E-state index contributed by atoms with van der Waals surface area (Å²) in [7, 11) is -1.60. The third kappa shape index (κ3) is 3.92. The Bertz CT molecular complexity index is 878. The maximum absolute atomic E-state index is 11.8. The number of aliphatic hydroxyl groups is 1. The predicted molar refractivity (Wildman–Crippen MR) is 103 cm³/mol. The van der Waals surface area contributed by atoms with E-state index in [1.54, 1.807) is 0 Å². The lowest BCUT2D eigenvalue weighted by molar-refractivity contribution is 0.138. The van der Waals surface area contributed by atoms with Crippen LogP contribution in [0.25, 0.3) is 0 Å². The molecule has 0 spiro atoms. The molecule has 9 heteroatoms. The summed E-state index contributed by atoms with van der Waals surface area (Å²) >= 11 is 5.96. The molecule has 2 aliphatic rings. The number of fused-ring (bicyclic) bond motifs is 1. The van der Waals surface area contributed by atoms with E-state index in [-0.39, 0.29) is 17.9 Å². The first kappa shape index (κ1) is 18.9. The molecule has 0 bridgehead atoms. The summed E-state index contributed by atoms with van der Waals surface area (Å²) in [6.07, 6.45) is 4.15. The highest BCUT2D eigenvalue weighted by molar-refractivity contribution is 8.05. The monoisotopic (exact) mass is 396 g/mol. The van der Waals surface area contributed by atoms with Gasteiger partial charge in [0.2, 0.25) is 15.0 Å². The number of likely N-dealkylation sites (N-methyl/N-ethyl adjacent to an activating group) is 1. The van der Waals surface area contributed by atoms with Gasteiger partial charge in [-0.15, -0.1) is 0 Å². The minimum Gasteiger partial charge on any atom is -0.396 e. The average Bonchev–Trinajstić information content (AvgIpc) is 3.02. The zero-order valence-corrected chi connectivity index (χ0v) is 16.2. The topological polar surface area (TPSA) is 85.6 Å². The highest BCUT2D eigenvalue weighted by Crippen LogP contribution is 2.27. The Hall–Kier alpha value is -1.90. The summed E-state index contributed by atoms with van der Waals surface area (Å²) in [5.74, 6) is 0.546. The largest absolute Gasteiger partial charge is 0.396 e. The van der Waals surface area contributed by atoms with Gasteiger partial charge in [-0.25, -0.2) is 13.4 Å². The van der Waals surface area contributed by atoms with Gasteiger partial charge in [0.05, 0.1) is 0 Å². The van der Waals surface area contributed by atoms with Crippen LogP contribution in [0.2, 0.25) is 5.02 Å². The molecule has 0 saturated heterocycles. The second-order valence-corrected chi connectivity index (χ2v) is 8.70. The van der Waals surface area contributed by atoms with E-state index in [1.165, 1.54) is 0 Å². The summed E-state index contributed by atoms with van der Waals surface area (Å²) < 4.78 is 23.6. The van der Waals surface area contributed by atoms with Crippen molar-refractivity contribution in [3.05, 3.63) is 46.7 Å². The lowest BCUT2D eigenvalue weighted by atomic mass is 10.1. The first-order valence-corrected chi connectivity index (χ1v) is 10.5. The Morgan fingerprint density at radius 2 is 1.92 bits per heavy atom. The predicted octanol–water partition coefficient (Wildman–Crippen LogP) is 1.49. The van der Waals surface area contributed by atoms with Gasteiger partial charge in [-0.1, -0.05) is 23.7 Å². The zero-order valence-electron chi connectivity index (χ0n) is 14.6. The number of aliphatic hydroxyl groups excluding tert-OH is 1. The molecular formula is C17H21ClN4O3S. The van der Waals surface area contributed by atoms with Crippen LogP contribution in [-0.4, -0.2) is 66.9 Å². The third-order valence-corrected chi connectivity index (χ3v) is 5.43. The maximum atomic E-state index is 11.8. The molecule has 3 rings (SSSR count). The maximum Gasteiger partial charge on any atom is 0.249 e. The van der Waals surface area contributed by atoms with Gasteiger partial charge in [0.25, 0.3) is 0 Å². The molecule has 1 N–H and O–H groups in total. The Morgan fingerprint density at radius 3 is 2.54 bits per heavy atom. The number of hydrogen-bond acceptors (Lipinski definition) is 7. The van der Waals surface area contributed by atoms with Gasteiger partial charge in [0.15, 0.2) is 5.84 Å². The first-order chi connectivity index (χ1) is 12.3. The standard InChI is InChI=1S/C17H21ClN4O3S/c1-21-15(10-12-4-6-13(18)7-5-12)22(8-3-9-23)11-14-16(21)20-17(19-14)26(2,24)25/h4-7,11,15,23H,3,8-10H2,1-2H3. The molecule has 140 valence electrons. The molecule has 0 saturated carbocycles. The van der Waals surface area contributed by atoms with Crippen molar-refractivity contribution in [3.63, 3.8) is 0 Å². The minimum absolute atomic E-state index is 0.0701. The van der Waals surface area contributed by atoms with Crippen LogP contribution < -0.4 is 0 Å². The smallest absolute Gasteiger partial charge is 0.249 e. The fourth-order valence-corrected chi connectivity index (χ4v) is 3.64. The van der Waals surface area contributed by atoms with Crippen LogP contribution in [0.1, 0.15) is 12.0 Å². The Labute approximate surface area is 158 Å². The SMILES string of the molecule is CN1C2=NC(S(C)(=O)=O)=NC2=CN(CCCO)C1Cc1ccc(Cl)cc1. The van der Waals surface area contributed by atoms with Crippen molar-refractivity contribution in [2.75, 3.05) is 26.5 Å². The third-order valence-electron chi connectivity index (χ3n) is 4.34. The van der Waals surface area contributed by atoms with Crippen molar-refractivity contribution in [1.82, 2.24) is 9.80 Å². The summed E-state index contributed by atoms with van der Waals surface area (Å²) in [5, 5.41) is 9.71. The highest BCUT2D eigenvalue weighted by atomic mass is 35.5. The first-order valence-electron chi connectivity index (χ1n) is 8.23. The second-order valence-electron chi connectivity index (χ2n) is 6.35. The van der Waals surface area contributed by atoms with Crippen molar-refractivity contribution < 1.29 is 13.5 Å². The molecule has 1 aromatic rings. The Balaban J connectivity index is 1.93. The molecular weight excluding hydrogens is 376 g/mol. The number of halogens is 1. The van der Waals surface area contributed by atoms with E-state index in [2.05, 4.69) is 14.9 Å². The van der Waals surface area contributed by atoms with E-state index < -0.39 is 9.84 Å². The van der Waals surface area contributed by atoms with Crippen LogP contribution in [0, 0.1) is 0 Å². The molecule has 7 nitrogen and oxygen atoms in total. The molecule has 1 unspecified atom stereocenters. The zero-order chi connectivity index (χ0) is 18.9. The average molecular weight is 397 g/mol. The summed E-state index contributed by atoms with van der Waals surface area (Å²) in [6, 6.07) is 7.62. The molecule has 0 aromatic heterocycles. The van der Waals surface area contributed by atoms with E-state index >= 15 is 0 Å². The Morgan fingerprint density at radius 1 is 1.23 bits per heavy atom. The van der Waals surface area contributed by atoms with Gasteiger partial charge in [0, 0.05) is 44.1 Å². The van der Waals surface area contributed by atoms with Crippen molar-refractivity contribution >= 4 is 32.4 Å². The number of nitrogens with zero attached hydrogens (tertiary/aromatic N) is 4. The van der Waals surface area contributed by atoms with Crippen molar-refractivity contribution in [1.29, 1.82) is 0 Å². The van der Waals surface area contributed by atoms with Crippen molar-refractivity contribution in [2.45, 2.75) is 19.0 Å². The van der Waals surface area contributed by atoms with Gasteiger partial charge in [-0.05, 0) is 24.1 Å².